The van der Waals surface area contributed by atoms with Gasteiger partial charge >= 0.3 is 0 Å². The van der Waals surface area contributed by atoms with Crippen molar-refractivity contribution in [3.8, 4) is 0 Å². The normalized spacial score (nSPS) is 16.3. The summed E-state index contributed by atoms with van der Waals surface area (Å²) in [6.07, 6.45) is 2.29. The molecule has 0 atom stereocenters. The monoisotopic (exact) mass is 298 g/mol. The van der Waals surface area contributed by atoms with E-state index in [4.69, 9.17) is 11.6 Å². The Hall–Kier alpha value is -0.710. The van der Waals surface area contributed by atoms with Gasteiger partial charge in [-0.3, -0.25) is 4.79 Å². The molecule has 0 unspecified atom stereocenters. The highest BCUT2D eigenvalue weighted by Crippen LogP contribution is 2.22. The van der Waals surface area contributed by atoms with E-state index < -0.39 is 0 Å². The number of piperidine rings is 1. The second-order valence-electron chi connectivity index (χ2n) is 4.77. The van der Waals surface area contributed by atoms with E-state index in [1.54, 1.807) is 17.8 Å². The maximum atomic E-state index is 11.9. The van der Waals surface area contributed by atoms with Gasteiger partial charge in [0.25, 0.3) is 0 Å². The molecule has 0 aromatic heterocycles. The number of nitrogens with one attached hydrogen (secondary N) is 2. The summed E-state index contributed by atoms with van der Waals surface area (Å²) in [5, 5.41) is 7.51. The van der Waals surface area contributed by atoms with Crippen LogP contribution >= 0.6 is 23.4 Å². The number of anilines is 1. The number of amides is 1. The van der Waals surface area contributed by atoms with Gasteiger partial charge in [0, 0.05) is 16.0 Å². The van der Waals surface area contributed by atoms with Crippen molar-refractivity contribution in [3.63, 3.8) is 0 Å². The summed E-state index contributed by atoms with van der Waals surface area (Å²) in [6, 6.07) is 5.54. The average molecular weight is 299 g/mol. The Kier molecular flexibility index (Phi) is 5.55. The fraction of sp³-hybridized carbons (Fsp3) is 0.500. The van der Waals surface area contributed by atoms with Gasteiger partial charge in [-0.1, -0.05) is 17.7 Å². The Morgan fingerprint density at radius 1 is 1.47 bits per heavy atom. The third kappa shape index (κ3) is 4.71. The quantitative estimate of drug-likeness (QED) is 0.897. The zero-order valence-corrected chi connectivity index (χ0v) is 12.6. The average Bonchev–Trinajstić information content (AvgIpc) is 2.42. The first-order valence-electron chi connectivity index (χ1n) is 6.53. The summed E-state index contributed by atoms with van der Waals surface area (Å²) in [6.45, 7) is 4.09. The third-order valence-electron chi connectivity index (χ3n) is 3.21. The van der Waals surface area contributed by atoms with E-state index in [2.05, 4.69) is 10.6 Å². The molecule has 2 N–H and O–H groups in total. The van der Waals surface area contributed by atoms with Crippen molar-refractivity contribution in [3.05, 3.63) is 28.8 Å². The molecule has 1 fully saturated rings. The van der Waals surface area contributed by atoms with Crippen LogP contribution in [-0.2, 0) is 4.79 Å². The Morgan fingerprint density at radius 2 is 2.21 bits per heavy atom. The molecule has 1 heterocycles. The van der Waals surface area contributed by atoms with Crippen LogP contribution in [0, 0.1) is 6.92 Å². The van der Waals surface area contributed by atoms with Crippen LogP contribution in [0.2, 0.25) is 5.02 Å². The van der Waals surface area contributed by atoms with Crippen molar-refractivity contribution in [2.75, 3.05) is 24.2 Å². The predicted molar refractivity (Wildman–Crippen MR) is 83.2 cm³/mol. The third-order valence-corrected chi connectivity index (χ3v) is 4.82. The van der Waals surface area contributed by atoms with Gasteiger partial charge in [-0.05, 0) is 50.6 Å². The number of hydrogen-bond donors (Lipinski definition) is 2. The topological polar surface area (TPSA) is 41.1 Å². The highest BCUT2D eigenvalue weighted by atomic mass is 35.5. The van der Waals surface area contributed by atoms with E-state index in [-0.39, 0.29) is 5.91 Å². The molecule has 2 rings (SSSR count). The molecule has 0 spiro atoms. The predicted octanol–water partition coefficient (Wildman–Crippen LogP) is 3.07. The van der Waals surface area contributed by atoms with Crippen LogP contribution in [0.5, 0.6) is 0 Å². The van der Waals surface area contributed by atoms with Gasteiger partial charge < -0.3 is 10.6 Å². The van der Waals surface area contributed by atoms with E-state index in [1.165, 1.54) is 0 Å². The second-order valence-corrected chi connectivity index (χ2v) is 6.49. The molecule has 5 heteroatoms. The summed E-state index contributed by atoms with van der Waals surface area (Å²) in [5.41, 5.74) is 1.84. The molecule has 0 aliphatic carbocycles. The summed E-state index contributed by atoms with van der Waals surface area (Å²) < 4.78 is 0. The van der Waals surface area contributed by atoms with Crippen LogP contribution in [0.1, 0.15) is 18.4 Å². The van der Waals surface area contributed by atoms with Gasteiger partial charge in [-0.25, -0.2) is 0 Å². The number of hydrogen-bond acceptors (Lipinski definition) is 3. The second kappa shape index (κ2) is 7.17. The van der Waals surface area contributed by atoms with Crippen molar-refractivity contribution in [1.82, 2.24) is 5.32 Å². The number of aryl methyl sites for hydroxylation is 1. The fourth-order valence-corrected chi connectivity index (χ4v) is 3.27. The summed E-state index contributed by atoms with van der Waals surface area (Å²) in [5.74, 6) is 0.560. The fourth-order valence-electron chi connectivity index (χ4n) is 2.07. The molecule has 0 radical (unpaired) electrons. The number of rotatable bonds is 4. The molecule has 1 aliphatic rings. The van der Waals surface area contributed by atoms with E-state index >= 15 is 0 Å². The Bertz CT molecular complexity index is 447. The zero-order chi connectivity index (χ0) is 13.7. The lowest BCUT2D eigenvalue weighted by Gasteiger charge is -2.21. The minimum atomic E-state index is 0.0499. The number of carbonyl (C=O) groups excluding carboxylic acids is 1. The van der Waals surface area contributed by atoms with Crippen LogP contribution in [-0.4, -0.2) is 30.0 Å². The maximum Gasteiger partial charge on any atom is 0.234 e. The minimum Gasteiger partial charge on any atom is -0.325 e. The molecule has 19 heavy (non-hydrogen) atoms. The van der Waals surface area contributed by atoms with Crippen LogP contribution in [0.15, 0.2) is 18.2 Å². The summed E-state index contributed by atoms with van der Waals surface area (Å²) >= 11 is 7.69. The van der Waals surface area contributed by atoms with E-state index in [0.717, 1.165) is 37.2 Å². The zero-order valence-electron chi connectivity index (χ0n) is 11.0. The first kappa shape index (κ1) is 14.7. The number of benzene rings is 1. The highest BCUT2D eigenvalue weighted by Gasteiger charge is 2.15. The molecule has 1 aromatic carbocycles. The van der Waals surface area contributed by atoms with Crippen LogP contribution < -0.4 is 10.6 Å². The first-order chi connectivity index (χ1) is 9.15. The standard InChI is InChI=1S/C14H19ClN2OS/c1-10-2-3-11(15)8-13(10)17-14(18)9-19-12-4-6-16-7-5-12/h2-3,8,12,16H,4-7,9H2,1H3,(H,17,18). The van der Waals surface area contributed by atoms with Crippen molar-refractivity contribution < 1.29 is 4.79 Å². The van der Waals surface area contributed by atoms with Gasteiger partial charge in [0.15, 0.2) is 0 Å². The lowest BCUT2D eigenvalue weighted by atomic mass is 10.2. The number of thioether (sulfide) groups is 1. The molecular formula is C14H19ClN2OS. The minimum absolute atomic E-state index is 0.0499. The van der Waals surface area contributed by atoms with Gasteiger partial charge in [0.2, 0.25) is 5.91 Å². The van der Waals surface area contributed by atoms with Crippen molar-refractivity contribution in [2.24, 2.45) is 0 Å². The molecule has 3 nitrogen and oxygen atoms in total. The number of halogens is 1. The Labute approximate surface area is 123 Å². The van der Waals surface area contributed by atoms with Gasteiger partial charge in [-0.2, -0.15) is 0 Å². The van der Waals surface area contributed by atoms with Crippen LogP contribution in [0.4, 0.5) is 5.69 Å². The molecule has 1 saturated heterocycles. The Morgan fingerprint density at radius 3 is 2.95 bits per heavy atom. The van der Waals surface area contributed by atoms with Gasteiger partial charge in [-0.15, -0.1) is 11.8 Å². The highest BCUT2D eigenvalue weighted by molar-refractivity contribution is 8.00. The Balaban J connectivity index is 1.81. The maximum absolute atomic E-state index is 11.9. The van der Waals surface area contributed by atoms with Crippen molar-refractivity contribution in [2.45, 2.75) is 25.0 Å². The summed E-state index contributed by atoms with van der Waals surface area (Å²) in [4.78, 5) is 11.9. The van der Waals surface area contributed by atoms with Gasteiger partial charge in [0.1, 0.15) is 0 Å². The smallest absolute Gasteiger partial charge is 0.234 e. The van der Waals surface area contributed by atoms with E-state index in [0.29, 0.717) is 16.0 Å². The van der Waals surface area contributed by atoms with Gasteiger partial charge in [0.05, 0.1) is 5.75 Å². The van der Waals surface area contributed by atoms with E-state index in [1.807, 2.05) is 19.1 Å². The number of carbonyl (C=O) groups is 1. The van der Waals surface area contributed by atoms with Crippen molar-refractivity contribution >= 4 is 35.0 Å². The SMILES string of the molecule is Cc1ccc(Cl)cc1NC(=O)CSC1CCNCC1. The van der Waals surface area contributed by atoms with Crippen molar-refractivity contribution in [1.29, 1.82) is 0 Å². The molecule has 0 saturated carbocycles. The molecule has 1 aliphatic heterocycles. The lowest BCUT2D eigenvalue weighted by molar-refractivity contribution is -0.113. The van der Waals surface area contributed by atoms with Crippen LogP contribution in [0.3, 0.4) is 0 Å². The summed E-state index contributed by atoms with van der Waals surface area (Å²) in [7, 11) is 0. The molecule has 1 amide bonds. The first-order valence-corrected chi connectivity index (χ1v) is 7.96. The van der Waals surface area contributed by atoms with E-state index in [9.17, 15) is 4.79 Å². The largest absolute Gasteiger partial charge is 0.325 e. The molecule has 104 valence electrons. The molecule has 1 aromatic rings. The van der Waals surface area contributed by atoms with Crippen LogP contribution in [0.25, 0.3) is 0 Å². The lowest BCUT2D eigenvalue weighted by Crippen LogP contribution is -2.30. The molecular weight excluding hydrogens is 280 g/mol. The molecule has 0 bridgehead atoms.